The molecule has 0 spiro atoms. The Hall–Kier alpha value is -1.19. The molecule has 126 valence electrons. The maximum absolute atomic E-state index is 12.4. The highest BCUT2D eigenvalue weighted by atomic mass is 127. The standard InChI is InChI=1S/C14H20F3N3O.HI/c1-13(2,3)20-12(18)19-8-9-21-11-6-4-10(5-7-11)14(15,16)17;/h4-7H,8-9H2,1-3H3,(H3,18,19,20);1H. The van der Waals surface area contributed by atoms with Gasteiger partial charge in [0.05, 0.1) is 12.1 Å². The van der Waals surface area contributed by atoms with Crippen LogP contribution < -0.4 is 15.8 Å². The van der Waals surface area contributed by atoms with Crippen LogP contribution in [0.2, 0.25) is 0 Å². The number of nitrogens with zero attached hydrogens (tertiary/aromatic N) is 1. The van der Waals surface area contributed by atoms with E-state index < -0.39 is 11.7 Å². The normalized spacial score (nSPS) is 12.5. The first-order valence-electron chi connectivity index (χ1n) is 6.46. The summed E-state index contributed by atoms with van der Waals surface area (Å²) in [6.45, 7) is 6.41. The summed E-state index contributed by atoms with van der Waals surface area (Å²) in [7, 11) is 0. The Balaban J connectivity index is 0.00000441. The summed E-state index contributed by atoms with van der Waals surface area (Å²) in [6.07, 6.45) is -4.34. The smallest absolute Gasteiger partial charge is 0.416 e. The zero-order chi connectivity index (χ0) is 16.1. The van der Waals surface area contributed by atoms with Crippen LogP contribution in [0, 0.1) is 0 Å². The lowest BCUT2D eigenvalue weighted by Crippen LogP contribution is -2.45. The van der Waals surface area contributed by atoms with Crippen molar-refractivity contribution in [3.05, 3.63) is 29.8 Å². The van der Waals surface area contributed by atoms with Crippen LogP contribution in [-0.2, 0) is 6.18 Å². The molecule has 0 aliphatic heterocycles. The molecule has 0 atom stereocenters. The summed E-state index contributed by atoms with van der Waals surface area (Å²) in [6, 6.07) is 4.52. The van der Waals surface area contributed by atoms with E-state index in [-0.39, 0.29) is 36.1 Å². The Morgan fingerprint density at radius 1 is 1.18 bits per heavy atom. The number of ether oxygens (including phenoxy) is 1. The average molecular weight is 431 g/mol. The molecule has 0 fully saturated rings. The summed E-state index contributed by atoms with van der Waals surface area (Å²) in [4.78, 5) is 4.06. The quantitative estimate of drug-likeness (QED) is 0.333. The minimum atomic E-state index is -4.34. The summed E-state index contributed by atoms with van der Waals surface area (Å²) in [5, 5.41) is 2.99. The van der Waals surface area contributed by atoms with Gasteiger partial charge in [0, 0.05) is 5.54 Å². The van der Waals surface area contributed by atoms with Crippen LogP contribution in [0.15, 0.2) is 29.3 Å². The Morgan fingerprint density at radius 2 is 1.73 bits per heavy atom. The van der Waals surface area contributed by atoms with Gasteiger partial charge in [-0.15, -0.1) is 24.0 Å². The minimum absolute atomic E-state index is 0. The lowest BCUT2D eigenvalue weighted by Gasteiger charge is -2.20. The molecule has 0 aromatic heterocycles. The number of hydrogen-bond acceptors (Lipinski definition) is 2. The van der Waals surface area contributed by atoms with Crippen LogP contribution in [0.25, 0.3) is 0 Å². The Kier molecular flexibility index (Phi) is 7.99. The number of rotatable bonds is 4. The highest BCUT2D eigenvalue weighted by Crippen LogP contribution is 2.30. The monoisotopic (exact) mass is 431 g/mol. The molecule has 0 bridgehead atoms. The van der Waals surface area contributed by atoms with Gasteiger partial charge in [-0.3, -0.25) is 0 Å². The molecule has 1 aromatic rings. The van der Waals surface area contributed by atoms with Gasteiger partial charge in [-0.2, -0.15) is 13.2 Å². The first-order valence-corrected chi connectivity index (χ1v) is 6.46. The summed E-state index contributed by atoms with van der Waals surface area (Å²) >= 11 is 0. The van der Waals surface area contributed by atoms with E-state index in [9.17, 15) is 13.2 Å². The number of nitrogens with two attached hydrogens (primary N) is 1. The SMILES string of the molecule is CC(C)(C)NC(N)=NCCOc1ccc(C(F)(F)F)cc1.I. The topological polar surface area (TPSA) is 59.6 Å². The third-order valence-corrected chi connectivity index (χ3v) is 2.33. The van der Waals surface area contributed by atoms with Gasteiger partial charge in [-0.05, 0) is 45.0 Å². The van der Waals surface area contributed by atoms with Crippen LogP contribution >= 0.6 is 24.0 Å². The van der Waals surface area contributed by atoms with Gasteiger partial charge in [0.15, 0.2) is 5.96 Å². The number of nitrogens with one attached hydrogen (secondary N) is 1. The average Bonchev–Trinajstić information content (AvgIpc) is 2.32. The van der Waals surface area contributed by atoms with Gasteiger partial charge in [-0.1, -0.05) is 0 Å². The maximum Gasteiger partial charge on any atom is 0.416 e. The Morgan fingerprint density at radius 3 is 2.18 bits per heavy atom. The molecule has 1 rings (SSSR count). The largest absolute Gasteiger partial charge is 0.492 e. The highest BCUT2D eigenvalue weighted by molar-refractivity contribution is 14.0. The van der Waals surface area contributed by atoms with Gasteiger partial charge in [0.25, 0.3) is 0 Å². The lowest BCUT2D eigenvalue weighted by molar-refractivity contribution is -0.137. The fourth-order valence-electron chi connectivity index (χ4n) is 1.49. The first kappa shape index (κ1) is 20.8. The van der Waals surface area contributed by atoms with Gasteiger partial charge >= 0.3 is 6.18 Å². The summed E-state index contributed by atoms with van der Waals surface area (Å²) < 4.78 is 42.4. The molecular formula is C14H21F3IN3O. The fourth-order valence-corrected chi connectivity index (χ4v) is 1.49. The van der Waals surface area contributed by atoms with E-state index in [1.807, 2.05) is 20.8 Å². The Labute approximate surface area is 145 Å². The third-order valence-electron chi connectivity index (χ3n) is 2.33. The zero-order valence-corrected chi connectivity index (χ0v) is 15.0. The minimum Gasteiger partial charge on any atom is -0.492 e. The molecule has 8 heteroatoms. The van der Waals surface area contributed by atoms with Crippen molar-refractivity contribution in [1.29, 1.82) is 0 Å². The van der Waals surface area contributed by atoms with Crippen molar-refractivity contribution in [2.45, 2.75) is 32.5 Å². The van der Waals surface area contributed by atoms with Crippen molar-refractivity contribution < 1.29 is 17.9 Å². The van der Waals surface area contributed by atoms with E-state index in [1.54, 1.807) is 0 Å². The molecule has 0 aliphatic rings. The summed E-state index contributed by atoms with van der Waals surface area (Å²) in [5.41, 5.74) is 4.78. The van der Waals surface area contributed by atoms with E-state index in [2.05, 4.69) is 10.3 Å². The van der Waals surface area contributed by atoms with E-state index in [4.69, 9.17) is 10.5 Å². The second-order valence-corrected chi connectivity index (χ2v) is 5.51. The number of halogens is 4. The van der Waals surface area contributed by atoms with Crippen LogP contribution in [0.4, 0.5) is 13.2 Å². The molecule has 0 heterocycles. The van der Waals surface area contributed by atoms with Gasteiger partial charge in [0.1, 0.15) is 12.4 Å². The molecule has 0 saturated carbocycles. The second-order valence-electron chi connectivity index (χ2n) is 5.51. The van der Waals surface area contributed by atoms with Crippen LogP contribution in [0.1, 0.15) is 26.3 Å². The van der Waals surface area contributed by atoms with E-state index in [0.29, 0.717) is 18.3 Å². The Bertz CT molecular complexity index is 482. The molecular weight excluding hydrogens is 410 g/mol. The highest BCUT2D eigenvalue weighted by Gasteiger charge is 2.29. The molecule has 0 aliphatic carbocycles. The van der Waals surface area contributed by atoms with Gasteiger partial charge in [-0.25, -0.2) is 4.99 Å². The molecule has 3 N–H and O–H groups in total. The molecule has 1 aromatic carbocycles. The van der Waals surface area contributed by atoms with E-state index in [1.165, 1.54) is 12.1 Å². The fraction of sp³-hybridized carbons (Fsp3) is 0.500. The van der Waals surface area contributed by atoms with Crippen LogP contribution in [0.3, 0.4) is 0 Å². The number of alkyl halides is 3. The molecule has 0 saturated heterocycles. The molecule has 4 nitrogen and oxygen atoms in total. The number of benzene rings is 1. The zero-order valence-electron chi connectivity index (χ0n) is 12.7. The molecule has 22 heavy (non-hydrogen) atoms. The number of hydrogen-bond donors (Lipinski definition) is 2. The van der Waals surface area contributed by atoms with E-state index in [0.717, 1.165) is 12.1 Å². The predicted octanol–water partition coefficient (Wildman–Crippen LogP) is 3.41. The molecule has 0 radical (unpaired) electrons. The van der Waals surface area contributed by atoms with E-state index >= 15 is 0 Å². The van der Waals surface area contributed by atoms with Gasteiger partial charge < -0.3 is 15.8 Å². The van der Waals surface area contributed by atoms with Crippen molar-refractivity contribution in [2.24, 2.45) is 10.7 Å². The van der Waals surface area contributed by atoms with Crippen molar-refractivity contribution in [3.8, 4) is 5.75 Å². The van der Waals surface area contributed by atoms with Gasteiger partial charge in [0.2, 0.25) is 0 Å². The van der Waals surface area contributed by atoms with Crippen LogP contribution in [-0.4, -0.2) is 24.7 Å². The first-order chi connectivity index (χ1) is 9.58. The van der Waals surface area contributed by atoms with Crippen molar-refractivity contribution >= 4 is 29.9 Å². The lowest BCUT2D eigenvalue weighted by atomic mass is 10.1. The predicted molar refractivity (Wildman–Crippen MR) is 91.7 cm³/mol. The number of aliphatic imine (C=N–C) groups is 1. The van der Waals surface area contributed by atoms with Crippen molar-refractivity contribution in [2.75, 3.05) is 13.2 Å². The number of guanidine groups is 1. The second kappa shape index (κ2) is 8.44. The molecule has 0 unspecified atom stereocenters. The third kappa shape index (κ3) is 8.30. The maximum atomic E-state index is 12.4. The van der Waals surface area contributed by atoms with Crippen LogP contribution in [0.5, 0.6) is 5.75 Å². The summed E-state index contributed by atoms with van der Waals surface area (Å²) in [5.74, 6) is 0.666. The van der Waals surface area contributed by atoms with Crippen molar-refractivity contribution in [1.82, 2.24) is 5.32 Å². The van der Waals surface area contributed by atoms with Crippen molar-refractivity contribution in [3.63, 3.8) is 0 Å². The molecule has 0 amide bonds.